The third-order valence-corrected chi connectivity index (χ3v) is 4.10. The van der Waals surface area contributed by atoms with Crippen LogP contribution in [0, 0.1) is 5.41 Å². The van der Waals surface area contributed by atoms with Crippen molar-refractivity contribution < 1.29 is 9.47 Å². The van der Waals surface area contributed by atoms with Crippen LogP contribution in [0.1, 0.15) is 46.0 Å². The fraction of sp³-hybridized carbons (Fsp3) is 0.714. The first kappa shape index (κ1) is 11.6. The summed E-state index contributed by atoms with van der Waals surface area (Å²) in [6.07, 6.45) is 14.1. The first-order chi connectivity index (χ1) is 7.77. The molecule has 0 radical (unpaired) electrons. The second kappa shape index (κ2) is 4.94. The molecule has 90 valence electrons. The lowest BCUT2D eigenvalue weighted by Crippen LogP contribution is -2.45. The lowest BCUT2D eigenvalue weighted by atomic mass is 9.72. The van der Waals surface area contributed by atoms with Gasteiger partial charge in [-0.2, -0.15) is 0 Å². The molecule has 2 heteroatoms. The number of rotatable bonds is 3. The Kier molecular flexibility index (Phi) is 3.57. The van der Waals surface area contributed by atoms with Gasteiger partial charge in [-0.05, 0) is 44.3 Å². The molecule has 2 aliphatic rings. The van der Waals surface area contributed by atoms with Crippen LogP contribution in [0.15, 0.2) is 24.7 Å². The minimum atomic E-state index is 0.134. The van der Waals surface area contributed by atoms with Crippen molar-refractivity contribution in [3.8, 4) is 0 Å². The second-order valence-corrected chi connectivity index (χ2v) is 5.01. The summed E-state index contributed by atoms with van der Waals surface area (Å²) >= 11 is 0. The third-order valence-electron chi connectivity index (χ3n) is 4.10. The summed E-state index contributed by atoms with van der Waals surface area (Å²) in [4.78, 5) is 0. The Morgan fingerprint density at radius 2 is 1.56 bits per heavy atom. The summed E-state index contributed by atoms with van der Waals surface area (Å²) < 4.78 is 11.6. The second-order valence-electron chi connectivity index (χ2n) is 5.01. The maximum absolute atomic E-state index is 5.80. The van der Waals surface area contributed by atoms with Crippen LogP contribution in [0.5, 0.6) is 0 Å². The Hall–Kier alpha value is -0.920. The topological polar surface area (TPSA) is 18.5 Å². The molecule has 0 saturated carbocycles. The van der Waals surface area contributed by atoms with Crippen molar-refractivity contribution in [2.24, 2.45) is 5.41 Å². The van der Waals surface area contributed by atoms with Crippen LogP contribution in [0.25, 0.3) is 0 Å². The zero-order chi connectivity index (χ0) is 11.4. The molecule has 2 unspecified atom stereocenters. The van der Waals surface area contributed by atoms with Gasteiger partial charge in [0, 0.05) is 5.41 Å². The predicted molar refractivity (Wildman–Crippen MR) is 64.9 cm³/mol. The lowest BCUT2D eigenvalue weighted by Gasteiger charge is -2.43. The van der Waals surface area contributed by atoms with E-state index in [1.54, 1.807) is 0 Å². The molecule has 16 heavy (non-hydrogen) atoms. The van der Waals surface area contributed by atoms with E-state index in [4.69, 9.17) is 9.47 Å². The van der Waals surface area contributed by atoms with Crippen molar-refractivity contribution in [3.05, 3.63) is 24.7 Å². The van der Waals surface area contributed by atoms with E-state index in [2.05, 4.69) is 26.0 Å². The first-order valence-corrected chi connectivity index (χ1v) is 6.38. The van der Waals surface area contributed by atoms with E-state index in [0.717, 1.165) is 32.1 Å². The van der Waals surface area contributed by atoms with Crippen LogP contribution in [-0.4, -0.2) is 12.2 Å². The molecule has 0 aromatic rings. The van der Waals surface area contributed by atoms with Crippen LogP contribution >= 0.6 is 0 Å². The van der Waals surface area contributed by atoms with Gasteiger partial charge in [-0.3, -0.25) is 0 Å². The average molecular weight is 222 g/mol. The van der Waals surface area contributed by atoms with Gasteiger partial charge in [-0.1, -0.05) is 13.8 Å². The smallest absolute Gasteiger partial charge is 0.107 e. The van der Waals surface area contributed by atoms with Gasteiger partial charge in [-0.15, -0.1) is 0 Å². The zero-order valence-electron chi connectivity index (χ0n) is 10.3. The van der Waals surface area contributed by atoms with Gasteiger partial charge in [0.1, 0.15) is 12.2 Å². The fourth-order valence-electron chi connectivity index (χ4n) is 2.70. The van der Waals surface area contributed by atoms with E-state index >= 15 is 0 Å². The maximum atomic E-state index is 5.80. The molecule has 0 fully saturated rings. The molecule has 0 bridgehead atoms. The zero-order valence-corrected chi connectivity index (χ0v) is 10.3. The van der Waals surface area contributed by atoms with E-state index in [1.165, 1.54) is 0 Å². The highest BCUT2D eigenvalue weighted by Gasteiger charge is 2.42. The van der Waals surface area contributed by atoms with Gasteiger partial charge in [0.15, 0.2) is 0 Å². The average Bonchev–Trinajstić information content (AvgIpc) is 2.40. The Labute approximate surface area is 98.3 Å². The summed E-state index contributed by atoms with van der Waals surface area (Å²) in [5, 5.41) is 0. The van der Waals surface area contributed by atoms with Gasteiger partial charge in [0.25, 0.3) is 0 Å². The minimum Gasteiger partial charge on any atom is -0.498 e. The molecule has 0 saturated heterocycles. The Bertz CT molecular complexity index is 256. The molecule has 0 aliphatic carbocycles. The van der Waals surface area contributed by atoms with Crippen LogP contribution < -0.4 is 0 Å². The van der Waals surface area contributed by atoms with E-state index in [-0.39, 0.29) is 5.41 Å². The largest absolute Gasteiger partial charge is 0.498 e. The number of hydrogen-bond acceptors (Lipinski definition) is 2. The number of hydrogen-bond donors (Lipinski definition) is 0. The van der Waals surface area contributed by atoms with Crippen LogP contribution in [0.3, 0.4) is 0 Å². The standard InChI is InChI=1S/C14H22O2/c1-3-14(2,12-8-4-6-10-15-12)13-9-5-7-11-16-13/h6-7,10-13H,3-5,8-9H2,1-2H3. The van der Waals surface area contributed by atoms with Gasteiger partial charge in [0.05, 0.1) is 12.5 Å². The van der Waals surface area contributed by atoms with Gasteiger partial charge in [-0.25, -0.2) is 0 Å². The Morgan fingerprint density at radius 1 is 1.06 bits per heavy atom. The monoisotopic (exact) mass is 222 g/mol. The van der Waals surface area contributed by atoms with Gasteiger partial charge < -0.3 is 9.47 Å². The van der Waals surface area contributed by atoms with Crippen molar-refractivity contribution in [3.63, 3.8) is 0 Å². The third kappa shape index (κ3) is 2.11. The minimum absolute atomic E-state index is 0.134. The van der Waals surface area contributed by atoms with Crippen molar-refractivity contribution >= 4 is 0 Å². The molecule has 2 atom stereocenters. The molecule has 2 heterocycles. The van der Waals surface area contributed by atoms with Gasteiger partial charge >= 0.3 is 0 Å². The van der Waals surface area contributed by atoms with Gasteiger partial charge in [0.2, 0.25) is 0 Å². The number of ether oxygens (including phenoxy) is 2. The quantitative estimate of drug-likeness (QED) is 0.723. The molecule has 0 amide bonds. The van der Waals surface area contributed by atoms with Crippen molar-refractivity contribution in [1.82, 2.24) is 0 Å². The molecule has 0 spiro atoms. The molecule has 0 N–H and O–H groups in total. The summed E-state index contributed by atoms with van der Waals surface area (Å²) in [7, 11) is 0. The molecule has 0 aromatic carbocycles. The summed E-state index contributed by atoms with van der Waals surface area (Å²) in [5.41, 5.74) is 0.134. The lowest BCUT2D eigenvalue weighted by molar-refractivity contribution is -0.0849. The van der Waals surface area contributed by atoms with Crippen molar-refractivity contribution in [2.45, 2.75) is 58.2 Å². The highest BCUT2D eigenvalue weighted by atomic mass is 16.5. The highest BCUT2D eigenvalue weighted by molar-refractivity contribution is 4.98. The molecular formula is C14H22O2. The summed E-state index contributed by atoms with van der Waals surface area (Å²) in [6, 6.07) is 0. The molecule has 0 aromatic heterocycles. The SMILES string of the molecule is CCC(C)(C1CCC=CO1)C1CCC=CO1. The first-order valence-electron chi connectivity index (χ1n) is 6.38. The van der Waals surface area contributed by atoms with Crippen LogP contribution in [0.4, 0.5) is 0 Å². The van der Waals surface area contributed by atoms with E-state index in [1.807, 2.05) is 12.5 Å². The van der Waals surface area contributed by atoms with E-state index in [0.29, 0.717) is 12.2 Å². The van der Waals surface area contributed by atoms with Crippen molar-refractivity contribution in [2.75, 3.05) is 0 Å². The highest BCUT2D eigenvalue weighted by Crippen LogP contribution is 2.40. The van der Waals surface area contributed by atoms with Crippen LogP contribution in [-0.2, 0) is 9.47 Å². The molecule has 2 nitrogen and oxygen atoms in total. The Morgan fingerprint density at radius 3 is 1.88 bits per heavy atom. The Balaban J connectivity index is 2.10. The summed E-state index contributed by atoms with van der Waals surface area (Å²) in [5.74, 6) is 0. The predicted octanol–water partition coefficient (Wildman–Crippen LogP) is 3.79. The van der Waals surface area contributed by atoms with E-state index in [9.17, 15) is 0 Å². The summed E-state index contributed by atoms with van der Waals surface area (Å²) in [6.45, 7) is 4.55. The molecule has 2 aliphatic heterocycles. The van der Waals surface area contributed by atoms with Crippen molar-refractivity contribution in [1.29, 1.82) is 0 Å². The molecule has 2 rings (SSSR count). The molecular weight excluding hydrogens is 200 g/mol. The van der Waals surface area contributed by atoms with Crippen LogP contribution in [0.2, 0.25) is 0 Å². The normalized spacial score (nSPS) is 32.6. The number of allylic oxidation sites excluding steroid dienone is 2. The maximum Gasteiger partial charge on any atom is 0.107 e. The fourth-order valence-corrected chi connectivity index (χ4v) is 2.70. The van der Waals surface area contributed by atoms with E-state index < -0.39 is 0 Å².